The molecule has 0 bridgehead atoms. The highest BCUT2D eigenvalue weighted by Gasteiger charge is 2.19. The van der Waals surface area contributed by atoms with Gasteiger partial charge < -0.3 is 5.32 Å². The van der Waals surface area contributed by atoms with Gasteiger partial charge in [0.2, 0.25) is 0 Å². The number of thiophene rings is 1. The molecule has 23 heavy (non-hydrogen) atoms. The summed E-state index contributed by atoms with van der Waals surface area (Å²) in [6.07, 6.45) is 3.91. The molecule has 0 aliphatic carbocycles. The summed E-state index contributed by atoms with van der Waals surface area (Å²) in [6.45, 7) is 7.59. The quantitative estimate of drug-likeness (QED) is 0.889. The van der Waals surface area contributed by atoms with Crippen LogP contribution in [0.3, 0.4) is 0 Å². The van der Waals surface area contributed by atoms with Gasteiger partial charge in [-0.15, -0.1) is 11.3 Å². The minimum absolute atomic E-state index is 0.0215. The number of carbonyl (C=O) groups is 1. The van der Waals surface area contributed by atoms with E-state index in [0.29, 0.717) is 5.56 Å². The van der Waals surface area contributed by atoms with Gasteiger partial charge in [-0.1, -0.05) is 24.6 Å². The van der Waals surface area contributed by atoms with E-state index in [-0.39, 0.29) is 5.91 Å². The second kappa shape index (κ2) is 7.28. The predicted octanol–water partition coefficient (Wildman–Crippen LogP) is 4.60. The van der Waals surface area contributed by atoms with Gasteiger partial charge in [0.15, 0.2) is 0 Å². The molecule has 1 aliphatic heterocycles. The lowest BCUT2D eigenvalue weighted by Gasteiger charge is -2.27. The molecular weight excluding hydrogens is 304 g/mol. The van der Waals surface area contributed by atoms with E-state index in [1.807, 2.05) is 30.3 Å². The summed E-state index contributed by atoms with van der Waals surface area (Å²) in [5.41, 5.74) is 3.32. The largest absolute Gasteiger partial charge is 0.313 e. The molecule has 0 spiro atoms. The SMILES string of the molecule is Cc1sc(NC(=O)c2ccccc2)c(CN2CCCCC2)c1C. The molecule has 2 heterocycles. The molecule has 3 rings (SSSR count). The van der Waals surface area contributed by atoms with Crippen molar-refractivity contribution in [1.82, 2.24) is 4.90 Å². The summed E-state index contributed by atoms with van der Waals surface area (Å²) in [5.74, 6) is -0.0215. The second-order valence-electron chi connectivity index (χ2n) is 6.25. The fourth-order valence-corrected chi connectivity index (χ4v) is 4.14. The van der Waals surface area contributed by atoms with E-state index in [4.69, 9.17) is 0 Å². The van der Waals surface area contributed by atoms with Crippen LogP contribution < -0.4 is 5.32 Å². The van der Waals surface area contributed by atoms with Crippen molar-refractivity contribution in [2.45, 2.75) is 39.7 Å². The van der Waals surface area contributed by atoms with Gasteiger partial charge in [0.25, 0.3) is 5.91 Å². The molecule has 3 nitrogen and oxygen atoms in total. The van der Waals surface area contributed by atoms with Crippen molar-refractivity contribution in [2.75, 3.05) is 18.4 Å². The summed E-state index contributed by atoms with van der Waals surface area (Å²) >= 11 is 1.69. The molecule has 0 unspecified atom stereocenters. The molecule has 1 aliphatic rings. The smallest absolute Gasteiger partial charge is 0.256 e. The number of hydrogen-bond donors (Lipinski definition) is 1. The number of amides is 1. The maximum absolute atomic E-state index is 12.5. The van der Waals surface area contributed by atoms with Crippen molar-refractivity contribution >= 4 is 22.2 Å². The number of benzene rings is 1. The van der Waals surface area contributed by atoms with Gasteiger partial charge >= 0.3 is 0 Å². The molecule has 4 heteroatoms. The van der Waals surface area contributed by atoms with Crippen LogP contribution >= 0.6 is 11.3 Å². The molecule has 1 saturated heterocycles. The Balaban J connectivity index is 1.78. The van der Waals surface area contributed by atoms with Crippen LogP contribution in [0.4, 0.5) is 5.00 Å². The third-order valence-corrected chi connectivity index (χ3v) is 5.77. The average Bonchev–Trinajstić information content (AvgIpc) is 2.84. The van der Waals surface area contributed by atoms with E-state index >= 15 is 0 Å². The number of aryl methyl sites for hydroxylation is 1. The highest BCUT2D eigenvalue weighted by Crippen LogP contribution is 2.34. The van der Waals surface area contributed by atoms with Crippen LogP contribution in [-0.2, 0) is 6.54 Å². The van der Waals surface area contributed by atoms with E-state index in [2.05, 4.69) is 24.1 Å². The Bertz CT molecular complexity index is 672. The highest BCUT2D eigenvalue weighted by atomic mass is 32.1. The van der Waals surface area contributed by atoms with Crippen LogP contribution in [0.5, 0.6) is 0 Å². The van der Waals surface area contributed by atoms with E-state index < -0.39 is 0 Å². The topological polar surface area (TPSA) is 32.3 Å². The molecule has 0 radical (unpaired) electrons. The summed E-state index contributed by atoms with van der Waals surface area (Å²) in [7, 11) is 0. The maximum Gasteiger partial charge on any atom is 0.256 e. The number of piperidine rings is 1. The first-order valence-electron chi connectivity index (χ1n) is 8.33. The zero-order chi connectivity index (χ0) is 16.2. The third-order valence-electron chi connectivity index (χ3n) is 4.60. The minimum atomic E-state index is -0.0215. The van der Waals surface area contributed by atoms with Gasteiger partial charge in [0.1, 0.15) is 5.00 Å². The molecular formula is C19H24N2OS. The lowest BCUT2D eigenvalue weighted by Crippen LogP contribution is -2.29. The fraction of sp³-hybridized carbons (Fsp3) is 0.421. The van der Waals surface area contributed by atoms with Gasteiger partial charge in [-0.05, 0) is 57.5 Å². The lowest BCUT2D eigenvalue weighted by atomic mass is 10.1. The standard InChI is InChI=1S/C19H24N2OS/c1-14-15(2)23-19(17(14)13-21-11-7-4-8-12-21)20-18(22)16-9-5-3-6-10-16/h3,5-6,9-10H,4,7-8,11-13H2,1-2H3,(H,20,22). The van der Waals surface area contributed by atoms with Crippen LogP contribution in [0, 0.1) is 13.8 Å². The van der Waals surface area contributed by atoms with Crippen LogP contribution in [0.1, 0.15) is 45.6 Å². The van der Waals surface area contributed by atoms with Crippen LogP contribution in [0.25, 0.3) is 0 Å². The van der Waals surface area contributed by atoms with Gasteiger partial charge in [-0.25, -0.2) is 0 Å². The Morgan fingerprint density at radius 2 is 1.83 bits per heavy atom. The second-order valence-corrected chi connectivity index (χ2v) is 7.47. The van der Waals surface area contributed by atoms with Gasteiger partial charge in [-0.3, -0.25) is 9.69 Å². The highest BCUT2D eigenvalue weighted by molar-refractivity contribution is 7.16. The van der Waals surface area contributed by atoms with Crippen molar-refractivity contribution in [1.29, 1.82) is 0 Å². The molecule has 1 fully saturated rings. The Labute approximate surface area is 142 Å². The molecule has 1 amide bonds. The van der Waals surface area contributed by atoms with Crippen LogP contribution in [0.15, 0.2) is 30.3 Å². The number of rotatable bonds is 4. The number of nitrogens with zero attached hydrogens (tertiary/aromatic N) is 1. The van der Waals surface area contributed by atoms with E-state index in [1.165, 1.54) is 48.4 Å². The first-order chi connectivity index (χ1) is 11.1. The first-order valence-corrected chi connectivity index (χ1v) is 9.14. The third kappa shape index (κ3) is 3.82. The number of anilines is 1. The van der Waals surface area contributed by atoms with Crippen molar-refractivity contribution < 1.29 is 4.79 Å². The predicted molar refractivity (Wildman–Crippen MR) is 97.3 cm³/mol. The lowest BCUT2D eigenvalue weighted by molar-refractivity contribution is 0.102. The van der Waals surface area contributed by atoms with Crippen LogP contribution in [-0.4, -0.2) is 23.9 Å². The van der Waals surface area contributed by atoms with Crippen molar-refractivity contribution in [2.24, 2.45) is 0 Å². The fourth-order valence-electron chi connectivity index (χ4n) is 3.07. The van der Waals surface area contributed by atoms with Crippen molar-refractivity contribution in [3.63, 3.8) is 0 Å². The van der Waals surface area contributed by atoms with Gasteiger partial charge in [-0.2, -0.15) is 0 Å². The normalized spacial score (nSPS) is 15.6. The summed E-state index contributed by atoms with van der Waals surface area (Å²) < 4.78 is 0. The molecule has 1 aromatic carbocycles. The molecule has 2 aromatic rings. The Morgan fingerprint density at radius 1 is 1.13 bits per heavy atom. The number of likely N-dealkylation sites (tertiary alicyclic amines) is 1. The minimum Gasteiger partial charge on any atom is -0.313 e. The summed E-state index contributed by atoms with van der Waals surface area (Å²) in [5, 5.41) is 4.14. The van der Waals surface area contributed by atoms with Gasteiger partial charge in [0.05, 0.1) is 0 Å². The number of carbonyl (C=O) groups excluding carboxylic acids is 1. The molecule has 0 saturated carbocycles. The molecule has 1 N–H and O–H groups in total. The number of hydrogen-bond acceptors (Lipinski definition) is 3. The van der Waals surface area contributed by atoms with E-state index in [9.17, 15) is 4.79 Å². The average molecular weight is 328 g/mol. The van der Waals surface area contributed by atoms with Crippen molar-refractivity contribution in [3.05, 3.63) is 51.9 Å². The molecule has 0 atom stereocenters. The zero-order valence-electron chi connectivity index (χ0n) is 13.9. The number of nitrogens with one attached hydrogen (secondary N) is 1. The Kier molecular flexibility index (Phi) is 5.13. The van der Waals surface area contributed by atoms with Crippen LogP contribution in [0.2, 0.25) is 0 Å². The first kappa shape index (κ1) is 16.2. The van der Waals surface area contributed by atoms with Crippen molar-refractivity contribution in [3.8, 4) is 0 Å². The molecule has 1 aromatic heterocycles. The Hall–Kier alpha value is -1.65. The van der Waals surface area contributed by atoms with Gasteiger partial charge in [0, 0.05) is 22.5 Å². The summed E-state index contributed by atoms with van der Waals surface area (Å²) in [4.78, 5) is 16.3. The molecule has 122 valence electrons. The van der Waals surface area contributed by atoms with E-state index in [0.717, 1.165) is 11.5 Å². The Morgan fingerprint density at radius 3 is 2.52 bits per heavy atom. The maximum atomic E-state index is 12.5. The van der Waals surface area contributed by atoms with E-state index in [1.54, 1.807) is 11.3 Å². The zero-order valence-corrected chi connectivity index (χ0v) is 14.7. The monoisotopic (exact) mass is 328 g/mol. The summed E-state index contributed by atoms with van der Waals surface area (Å²) in [6, 6.07) is 9.43.